The highest BCUT2D eigenvalue weighted by Gasteiger charge is 2.34. The number of rotatable bonds is 10. The van der Waals surface area contributed by atoms with E-state index in [1.165, 1.54) is 19.3 Å². The lowest BCUT2D eigenvalue weighted by atomic mass is 9.86. The molecule has 1 fully saturated rings. The summed E-state index contributed by atoms with van der Waals surface area (Å²) in [6.07, 6.45) is 6.57. The Bertz CT molecular complexity index is 1300. The first-order valence-electron chi connectivity index (χ1n) is 13.7. The number of benzene rings is 2. The van der Waals surface area contributed by atoms with Crippen molar-refractivity contribution in [1.82, 2.24) is 10.1 Å². The van der Waals surface area contributed by atoms with Crippen LogP contribution < -0.4 is 10.2 Å². The second-order valence-corrected chi connectivity index (χ2v) is 9.94. The maximum atomic E-state index is 13.8. The largest absolute Gasteiger partial charge is 0.500 e. The van der Waals surface area contributed by atoms with E-state index >= 15 is 0 Å². The molecule has 0 spiro atoms. The predicted octanol–water partition coefficient (Wildman–Crippen LogP) is 6.09. The van der Waals surface area contributed by atoms with Crippen LogP contribution >= 0.6 is 0 Å². The van der Waals surface area contributed by atoms with Crippen molar-refractivity contribution in [3.63, 3.8) is 0 Å². The molecule has 7 nitrogen and oxygen atoms in total. The zero-order valence-corrected chi connectivity index (χ0v) is 22.5. The quantitative estimate of drug-likeness (QED) is 0.263. The molecule has 2 heterocycles. The van der Waals surface area contributed by atoms with Crippen molar-refractivity contribution in [2.75, 3.05) is 50.1 Å². The number of carbonyl (C=O) groups is 1. The molecule has 2 aromatic carbocycles. The van der Waals surface area contributed by atoms with Crippen LogP contribution in [0, 0.1) is 0 Å². The van der Waals surface area contributed by atoms with Gasteiger partial charge in [-0.15, -0.1) is 0 Å². The fraction of sp³-hybridized carbons (Fsp3) is 0.467. The van der Waals surface area contributed by atoms with E-state index in [-0.39, 0.29) is 5.78 Å². The van der Waals surface area contributed by atoms with E-state index in [0.717, 1.165) is 66.2 Å². The highest BCUT2D eigenvalue weighted by atomic mass is 16.5. The van der Waals surface area contributed by atoms with Crippen LogP contribution in [-0.4, -0.2) is 61.7 Å². The Labute approximate surface area is 219 Å². The summed E-state index contributed by atoms with van der Waals surface area (Å²) in [5.41, 5.74) is 4.67. The molecule has 1 aromatic heterocycles. The molecule has 37 heavy (non-hydrogen) atoms. The molecule has 1 N–H and O–H groups in total. The predicted molar refractivity (Wildman–Crippen MR) is 150 cm³/mol. The zero-order valence-electron chi connectivity index (χ0n) is 22.5. The van der Waals surface area contributed by atoms with E-state index in [4.69, 9.17) is 9.26 Å². The summed E-state index contributed by atoms with van der Waals surface area (Å²) in [6, 6.07) is 10.4. The van der Waals surface area contributed by atoms with E-state index in [1.807, 2.05) is 24.3 Å². The molecule has 0 saturated carbocycles. The highest BCUT2D eigenvalue weighted by molar-refractivity contribution is 6.28. The summed E-state index contributed by atoms with van der Waals surface area (Å²) >= 11 is 0. The molecular weight excluding hydrogens is 464 g/mol. The van der Waals surface area contributed by atoms with Gasteiger partial charge in [-0.1, -0.05) is 56.6 Å². The summed E-state index contributed by atoms with van der Waals surface area (Å²) in [4.78, 5) is 18.8. The molecule has 0 bridgehead atoms. The van der Waals surface area contributed by atoms with Crippen molar-refractivity contribution in [2.45, 2.75) is 52.5 Å². The summed E-state index contributed by atoms with van der Waals surface area (Å²) < 4.78 is 11.5. The number of fused-ring (bicyclic) bond motifs is 2. The van der Waals surface area contributed by atoms with Crippen LogP contribution in [0.1, 0.15) is 62.4 Å². The van der Waals surface area contributed by atoms with Crippen LogP contribution in [-0.2, 0) is 4.74 Å². The summed E-state index contributed by atoms with van der Waals surface area (Å²) in [5, 5.41) is 8.86. The molecule has 1 saturated heterocycles. The monoisotopic (exact) mass is 502 g/mol. The van der Waals surface area contributed by atoms with Crippen LogP contribution in [0.4, 0.5) is 11.4 Å². The number of hydrogen-bond acceptors (Lipinski definition) is 7. The molecule has 1 aliphatic heterocycles. The molecule has 1 atom stereocenters. The third kappa shape index (κ3) is 4.61. The topological polar surface area (TPSA) is 70.8 Å². The number of methoxy groups -OCH3 is 1. The SMILES string of the molecule is CC/C=C(/CNc1cc(N2CCN(C(CC)CCC)CC2)c2noc3c2c1C(=O)c1ccccc1-3)OC. The standard InChI is InChI=1S/C30H38N4O3/c1-5-10-20(7-3)33-14-16-34(17-15-33)25-18-24(31-19-21(36-4)11-6-2)26-27-28(25)32-37-30(27)23-13-9-8-12-22(23)29(26)35/h8-9,11-13,18,20,31H,5-7,10,14-17,19H2,1-4H3/b21-11-. The second-order valence-electron chi connectivity index (χ2n) is 9.94. The van der Waals surface area contributed by atoms with Gasteiger partial charge in [-0.3, -0.25) is 9.69 Å². The minimum Gasteiger partial charge on any atom is -0.500 e. The number of piperazine rings is 1. The van der Waals surface area contributed by atoms with Crippen LogP contribution in [0.3, 0.4) is 0 Å². The number of nitrogens with one attached hydrogen (secondary N) is 1. The van der Waals surface area contributed by atoms with Crippen LogP contribution in [0.15, 0.2) is 46.7 Å². The molecule has 2 aliphatic rings. The van der Waals surface area contributed by atoms with Crippen molar-refractivity contribution in [3.05, 3.63) is 53.3 Å². The average molecular weight is 503 g/mol. The van der Waals surface area contributed by atoms with Gasteiger partial charge < -0.3 is 19.5 Å². The average Bonchev–Trinajstić information content (AvgIpc) is 3.38. The smallest absolute Gasteiger partial charge is 0.196 e. The van der Waals surface area contributed by atoms with Crippen molar-refractivity contribution >= 4 is 28.1 Å². The minimum absolute atomic E-state index is 0.000963. The van der Waals surface area contributed by atoms with Gasteiger partial charge in [0.15, 0.2) is 11.5 Å². The number of anilines is 2. The fourth-order valence-corrected chi connectivity index (χ4v) is 5.87. The van der Waals surface area contributed by atoms with Gasteiger partial charge in [0.25, 0.3) is 0 Å². The van der Waals surface area contributed by atoms with Gasteiger partial charge in [-0.2, -0.15) is 0 Å². The lowest BCUT2D eigenvalue weighted by Crippen LogP contribution is -2.50. The van der Waals surface area contributed by atoms with Gasteiger partial charge in [0.1, 0.15) is 11.3 Å². The van der Waals surface area contributed by atoms with Crippen LogP contribution in [0.25, 0.3) is 22.2 Å². The Morgan fingerprint density at radius 3 is 2.59 bits per heavy atom. The Balaban J connectivity index is 1.56. The molecular formula is C30H38N4O3. The van der Waals surface area contributed by atoms with Gasteiger partial charge >= 0.3 is 0 Å². The summed E-state index contributed by atoms with van der Waals surface area (Å²) in [6.45, 7) is 11.0. The van der Waals surface area contributed by atoms with Crippen molar-refractivity contribution < 1.29 is 14.1 Å². The Morgan fingerprint density at radius 1 is 1.16 bits per heavy atom. The van der Waals surface area contributed by atoms with E-state index in [9.17, 15) is 4.79 Å². The van der Waals surface area contributed by atoms with Gasteiger partial charge in [-0.25, -0.2) is 0 Å². The number of hydrogen-bond donors (Lipinski definition) is 1. The lowest BCUT2D eigenvalue weighted by Gasteiger charge is -2.40. The number of ether oxygens (including phenoxy) is 1. The highest BCUT2D eigenvalue weighted by Crippen LogP contribution is 2.46. The van der Waals surface area contributed by atoms with Crippen LogP contribution in [0.5, 0.6) is 0 Å². The number of aromatic nitrogens is 1. The number of nitrogens with zero attached hydrogens (tertiary/aromatic N) is 3. The first kappa shape index (κ1) is 25.3. The Hall–Kier alpha value is -3.32. The number of carbonyl (C=O) groups excluding carboxylic acids is 1. The van der Waals surface area contributed by atoms with E-state index in [0.29, 0.717) is 29.5 Å². The first-order chi connectivity index (χ1) is 18.1. The summed E-state index contributed by atoms with van der Waals surface area (Å²) in [7, 11) is 1.68. The molecule has 7 heteroatoms. The Morgan fingerprint density at radius 2 is 1.92 bits per heavy atom. The van der Waals surface area contributed by atoms with Crippen molar-refractivity contribution in [3.8, 4) is 11.3 Å². The molecule has 5 rings (SSSR count). The zero-order chi connectivity index (χ0) is 25.9. The van der Waals surface area contributed by atoms with E-state index < -0.39 is 0 Å². The molecule has 0 amide bonds. The first-order valence-corrected chi connectivity index (χ1v) is 13.7. The number of ketones is 1. The van der Waals surface area contributed by atoms with Crippen molar-refractivity contribution in [2.24, 2.45) is 0 Å². The lowest BCUT2D eigenvalue weighted by molar-refractivity contribution is 0.104. The van der Waals surface area contributed by atoms with E-state index in [1.54, 1.807) is 7.11 Å². The number of allylic oxidation sites excluding steroid dienone is 1. The van der Waals surface area contributed by atoms with Crippen molar-refractivity contribution in [1.29, 1.82) is 0 Å². The molecule has 1 unspecified atom stereocenters. The van der Waals surface area contributed by atoms with Gasteiger partial charge in [0, 0.05) is 49.0 Å². The maximum Gasteiger partial charge on any atom is 0.196 e. The van der Waals surface area contributed by atoms with E-state index in [2.05, 4.69) is 53.2 Å². The third-order valence-corrected chi connectivity index (χ3v) is 7.79. The molecule has 3 aromatic rings. The van der Waals surface area contributed by atoms with Gasteiger partial charge in [0.05, 0.1) is 30.3 Å². The Kier molecular flexibility index (Phi) is 7.51. The molecule has 1 aliphatic carbocycles. The second kappa shape index (κ2) is 11.0. The molecule has 196 valence electrons. The normalized spacial score (nSPS) is 16.7. The van der Waals surface area contributed by atoms with Gasteiger partial charge in [0.2, 0.25) is 0 Å². The minimum atomic E-state index is -0.000963. The van der Waals surface area contributed by atoms with Gasteiger partial charge in [-0.05, 0) is 31.4 Å². The van der Waals surface area contributed by atoms with Crippen LogP contribution in [0.2, 0.25) is 0 Å². The fourth-order valence-electron chi connectivity index (χ4n) is 5.87. The summed E-state index contributed by atoms with van der Waals surface area (Å²) in [5.74, 6) is 1.52. The maximum absolute atomic E-state index is 13.8. The molecule has 0 radical (unpaired) electrons. The third-order valence-electron chi connectivity index (χ3n) is 7.79.